The molecule has 0 bridgehead atoms. The monoisotopic (exact) mass is 475 g/mol. The smallest absolute Gasteiger partial charge is 0.317 e. The van der Waals surface area contributed by atoms with Crippen molar-refractivity contribution in [2.75, 3.05) is 4.90 Å². The second-order valence-corrected chi connectivity index (χ2v) is 7.61. The van der Waals surface area contributed by atoms with Gasteiger partial charge in [0.15, 0.2) is 5.11 Å². The number of nitrogens with zero attached hydrogens (tertiary/aromatic N) is 2. The molecule has 0 unspecified atom stereocenters. The zero-order valence-corrected chi connectivity index (χ0v) is 17.6. The van der Waals surface area contributed by atoms with Crippen molar-refractivity contribution in [1.29, 1.82) is 0 Å². The second-order valence-electron chi connectivity index (χ2n) is 6.79. The highest BCUT2D eigenvalue weighted by Crippen LogP contribution is 2.32. The van der Waals surface area contributed by atoms with Crippen molar-refractivity contribution in [1.82, 2.24) is 9.88 Å². The number of thiocarbonyl (C=S) groups is 1. The first kappa shape index (κ1) is 21.8. The number of aromatic nitrogens is 1. The Hall–Kier alpha value is -3.43. The fourth-order valence-electron chi connectivity index (χ4n) is 3.21. The van der Waals surface area contributed by atoms with Crippen LogP contribution in [0.4, 0.5) is 18.9 Å². The Kier molecular flexibility index (Phi) is 5.62. The first-order valence-corrected chi connectivity index (χ1v) is 9.96. The highest BCUT2D eigenvalue weighted by molar-refractivity contribution is 7.80. The molecular weight excluding hydrogens is 463 g/mol. The zero-order valence-electron chi connectivity index (χ0n) is 16.1. The van der Waals surface area contributed by atoms with Crippen LogP contribution in [0.15, 0.2) is 72.4 Å². The molecule has 32 heavy (non-hydrogen) atoms. The molecule has 3 aromatic rings. The van der Waals surface area contributed by atoms with Gasteiger partial charge in [-0.2, -0.15) is 13.2 Å². The average molecular weight is 476 g/mol. The molecular formula is C22H13ClF3N3O2S. The number of hydrogen-bond acceptors (Lipinski definition) is 3. The molecule has 1 aromatic heterocycles. The lowest BCUT2D eigenvalue weighted by Gasteiger charge is -2.29. The van der Waals surface area contributed by atoms with Gasteiger partial charge in [-0.15, -0.1) is 0 Å². The molecule has 2 heterocycles. The summed E-state index contributed by atoms with van der Waals surface area (Å²) in [5, 5.41) is 2.61. The SMILES string of the molecule is O=C1NC(=S)N(c2cccc(C(F)(F)F)c2)C(=O)/C1=C/c1cccn1-c1ccc(Cl)cc1. The summed E-state index contributed by atoms with van der Waals surface area (Å²) in [7, 11) is 0. The number of amides is 2. The van der Waals surface area contributed by atoms with Crippen molar-refractivity contribution < 1.29 is 22.8 Å². The van der Waals surface area contributed by atoms with E-state index in [9.17, 15) is 22.8 Å². The highest BCUT2D eigenvalue weighted by atomic mass is 35.5. The number of rotatable bonds is 3. The third-order valence-electron chi connectivity index (χ3n) is 4.71. The summed E-state index contributed by atoms with van der Waals surface area (Å²) in [5.74, 6) is -1.57. The molecule has 0 atom stereocenters. The van der Waals surface area contributed by atoms with Crippen molar-refractivity contribution in [2.45, 2.75) is 6.18 Å². The first-order valence-electron chi connectivity index (χ1n) is 9.17. The van der Waals surface area contributed by atoms with Gasteiger partial charge in [0, 0.05) is 22.6 Å². The van der Waals surface area contributed by atoms with Gasteiger partial charge in [0.05, 0.1) is 11.3 Å². The normalized spacial score (nSPS) is 15.9. The van der Waals surface area contributed by atoms with Gasteiger partial charge >= 0.3 is 6.18 Å². The van der Waals surface area contributed by atoms with Crippen molar-refractivity contribution in [2.24, 2.45) is 0 Å². The highest BCUT2D eigenvalue weighted by Gasteiger charge is 2.36. The predicted molar refractivity (Wildman–Crippen MR) is 118 cm³/mol. The standard InChI is InChI=1S/C22H13ClF3N3O2S/c23-14-6-8-15(9-7-14)28-10-2-5-16(28)12-18-19(30)27-21(32)29(20(18)31)17-4-1-3-13(11-17)22(24,25)26/h1-12H,(H,27,30,32)/b18-12+. The Labute approximate surface area is 190 Å². The summed E-state index contributed by atoms with van der Waals surface area (Å²) in [6.45, 7) is 0. The maximum Gasteiger partial charge on any atom is 0.416 e. The number of carbonyl (C=O) groups excluding carboxylic acids is 2. The second kappa shape index (κ2) is 8.25. The molecule has 1 aliphatic heterocycles. The summed E-state index contributed by atoms with van der Waals surface area (Å²) in [4.78, 5) is 26.5. The Bertz CT molecular complexity index is 1270. The van der Waals surface area contributed by atoms with E-state index >= 15 is 0 Å². The molecule has 1 fully saturated rings. The van der Waals surface area contributed by atoms with Crippen LogP contribution in [0.25, 0.3) is 11.8 Å². The fraction of sp³-hybridized carbons (Fsp3) is 0.0455. The van der Waals surface area contributed by atoms with E-state index in [4.69, 9.17) is 23.8 Å². The Balaban J connectivity index is 1.74. The molecule has 162 valence electrons. The van der Waals surface area contributed by atoms with Crippen LogP contribution < -0.4 is 10.2 Å². The average Bonchev–Trinajstić information content (AvgIpc) is 3.19. The van der Waals surface area contributed by atoms with Gasteiger partial charge in [-0.3, -0.25) is 19.8 Å². The topological polar surface area (TPSA) is 54.3 Å². The molecule has 2 amide bonds. The maximum absolute atomic E-state index is 13.1. The van der Waals surface area contributed by atoms with Crippen LogP contribution in [0, 0.1) is 0 Å². The lowest BCUT2D eigenvalue weighted by atomic mass is 10.1. The number of hydrogen-bond donors (Lipinski definition) is 1. The molecule has 1 aliphatic rings. The van der Waals surface area contributed by atoms with Gasteiger partial charge in [0.2, 0.25) is 0 Å². The summed E-state index contributed by atoms with van der Waals surface area (Å²) in [6.07, 6.45) is -1.51. The molecule has 0 saturated carbocycles. The maximum atomic E-state index is 13.1. The van der Waals surface area contributed by atoms with Crippen LogP contribution in [-0.2, 0) is 15.8 Å². The van der Waals surface area contributed by atoms with Crippen LogP contribution in [0.1, 0.15) is 11.3 Å². The van der Waals surface area contributed by atoms with Gasteiger partial charge in [0.25, 0.3) is 11.8 Å². The van der Waals surface area contributed by atoms with Gasteiger partial charge < -0.3 is 4.57 Å². The lowest BCUT2D eigenvalue weighted by Crippen LogP contribution is -2.54. The number of anilines is 1. The molecule has 0 spiro atoms. The van der Waals surface area contributed by atoms with Crippen LogP contribution in [0.2, 0.25) is 5.02 Å². The number of alkyl halides is 3. The lowest BCUT2D eigenvalue weighted by molar-refractivity contribution is -0.137. The minimum absolute atomic E-state index is 0.103. The van der Waals surface area contributed by atoms with E-state index in [0.717, 1.165) is 22.7 Å². The van der Waals surface area contributed by atoms with Gasteiger partial charge in [-0.05, 0) is 72.9 Å². The molecule has 4 rings (SSSR count). The van der Waals surface area contributed by atoms with Gasteiger partial charge in [-0.25, -0.2) is 0 Å². The van der Waals surface area contributed by atoms with Crippen molar-refractivity contribution in [3.8, 4) is 5.69 Å². The van der Waals surface area contributed by atoms with E-state index in [1.54, 1.807) is 47.2 Å². The fourth-order valence-corrected chi connectivity index (χ4v) is 3.62. The van der Waals surface area contributed by atoms with E-state index in [1.165, 1.54) is 18.2 Å². The van der Waals surface area contributed by atoms with E-state index < -0.39 is 23.6 Å². The largest absolute Gasteiger partial charge is 0.416 e. The van der Waals surface area contributed by atoms with Crippen LogP contribution >= 0.6 is 23.8 Å². The molecule has 0 radical (unpaired) electrons. The quantitative estimate of drug-likeness (QED) is 0.330. The number of halogens is 4. The van der Waals surface area contributed by atoms with E-state index in [0.29, 0.717) is 10.7 Å². The minimum atomic E-state index is -4.60. The summed E-state index contributed by atoms with van der Waals surface area (Å²) in [6, 6.07) is 14.5. The molecule has 1 saturated heterocycles. The molecule has 5 nitrogen and oxygen atoms in total. The summed E-state index contributed by atoms with van der Waals surface area (Å²) < 4.78 is 41.1. The van der Waals surface area contributed by atoms with E-state index in [1.807, 2.05) is 0 Å². The third kappa shape index (κ3) is 4.17. The molecule has 0 aliphatic carbocycles. The van der Waals surface area contributed by atoms with Crippen LogP contribution in [-0.4, -0.2) is 21.5 Å². The zero-order chi connectivity index (χ0) is 23.0. The Morgan fingerprint density at radius 2 is 1.69 bits per heavy atom. The van der Waals surface area contributed by atoms with Gasteiger partial charge in [-0.1, -0.05) is 17.7 Å². The van der Waals surface area contributed by atoms with Crippen LogP contribution in [0.5, 0.6) is 0 Å². The number of nitrogens with one attached hydrogen (secondary N) is 1. The van der Waals surface area contributed by atoms with Crippen molar-refractivity contribution in [3.05, 3.63) is 88.7 Å². The van der Waals surface area contributed by atoms with E-state index in [2.05, 4.69) is 5.32 Å². The van der Waals surface area contributed by atoms with Crippen molar-refractivity contribution >= 4 is 52.5 Å². The van der Waals surface area contributed by atoms with Crippen molar-refractivity contribution in [3.63, 3.8) is 0 Å². The van der Waals surface area contributed by atoms with Crippen LogP contribution in [0.3, 0.4) is 0 Å². The minimum Gasteiger partial charge on any atom is -0.317 e. The Morgan fingerprint density at radius 3 is 2.38 bits per heavy atom. The summed E-state index contributed by atoms with van der Waals surface area (Å²) in [5.41, 5.74) is -0.0776. The number of carbonyl (C=O) groups is 2. The van der Waals surface area contributed by atoms with E-state index in [-0.39, 0.29) is 16.4 Å². The Morgan fingerprint density at radius 1 is 0.969 bits per heavy atom. The summed E-state index contributed by atoms with van der Waals surface area (Å²) >= 11 is 11.0. The number of benzene rings is 2. The molecule has 10 heteroatoms. The molecule has 1 N–H and O–H groups in total. The first-order chi connectivity index (χ1) is 15.1. The third-order valence-corrected chi connectivity index (χ3v) is 5.25. The molecule has 2 aromatic carbocycles. The van der Waals surface area contributed by atoms with Gasteiger partial charge in [0.1, 0.15) is 5.57 Å². The predicted octanol–water partition coefficient (Wildman–Crippen LogP) is 4.98.